The molecule has 8 heteroatoms. The van der Waals surface area contributed by atoms with Crippen molar-refractivity contribution in [3.05, 3.63) is 76.2 Å². The number of amides is 1. The summed E-state index contributed by atoms with van der Waals surface area (Å²) < 4.78 is 3.38. The molecule has 1 atom stereocenters. The number of para-hydroxylation sites is 1. The molecule has 4 rings (SSSR count). The van der Waals surface area contributed by atoms with Gasteiger partial charge < -0.3 is 5.32 Å². The molecule has 1 N–H and O–H groups in total. The fourth-order valence-corrected chi connectivity index (χ4v) is 4.57. The number of carbonyl (C=O) groups is 1. The van der Waals surface area contributed by atoms with E-state index in [9.17, 15) is 9.59 Å². The van der Waals surface area contributed by atoms with Crippen molar-refractivity contribution in [1.29, 1.82) is 0 Å². The van der Waals surface area contributed by atoms with Crippen LogP contribution in [0.5, 0.6) is 0 Å². The number of carbonyl (C=O) groups excluding carboxylic acids is 1. The van der Waals surface area contributed by atoms with E-state index in [1.807, 2.05) is 71.0 Å². The van der Waals surface area contributed by atoms with Crippen LogP contribution in [0.1, 0.15) is 37.9 Å². The molecule has 4 aromatic rings. The van der Waals surface area contributed by atoms with Gasteiger partial charge in [-0.15, -0.1) is 0 Å². The topological polar surface area (TPSA) is 81.8 Å². The first-order chi connectivity index (χ1) is 15.8. The normalized spacial score (nSPS) is 12.3. The molecule has 0 radical (unpaired) electrons. The summed E-state index contributed by atoms with van der Waals surface area (Å²) in [5, 5.41) is 7.74. The van der Waals surface area contributed by atoms with Crippen LogP contribution in [0, 0.1) is 13.8 Å². The minimum atomic E-state index is -0.495. The van der Waals surface area contributed by atoms with Crippen LogP contribution in [0.25, 0.3) is 16.6 Å². The van der Waals surface area contributed by atoms with Gasteiger partial charge in [-0.05, 0) is 63.9 Å². The number of aryl methyl sites for hydroxylation is 1. The zero-order valence-corrected chi connectivity index (χ0v) is 20.2. The second-order valence-electron chi connectivity index (χ2n) is 8.28. The van der Waals surface area contributed by atoms with Crippen LogP contribution in [0.2, 0.25) is 0 Å². The fraction of sp³-hybridized carbons (Fsp3) is 0.280. The van der Waals surface area contributed by atoms with Crippen molar-refractivity contribution in [1.82, 2.24) is 19.3 Å². The Bertz CT molecular complexity index is 1390. The van der Waals surface area contributed by atoms with Crippen molar-refractivity contribution in [3.8, 4) is 5.69 Å². The van der Waals surface area contributed by atoms with Gasteiger partial charge in [0.2, 0.25) is 5.91 Å². The number of fused-ring (bicyclic) bond motifs is 1. The third-order valence-electron chi connectivity index (χ3n) is 5.62. The van der Waals surface area contributed by atoms with Gasteiger partial charge in [-0.3, -0.25) is 14.2 Å². The molecule has 170 valence electrons. The molecular weight excluding hydrogens is 434 g/mol. The zero-order chi connectivity index (χ0) is 23.7. The van der Waals surface area contributed by atoms with Gasteiger partial charge in [-0.1, -0.05) is 36.0 Å². The van der Waals surface area contributed by atoms with Gasteiger partial charge in [0.05, 0.1) is 28.0 Å². The number of anilines is 1. The standard InChI is InChI=1S/C25H27N5O2S/c1-15(2)30-22(13-14-26-30)28-23(31)18(5)33-25-27-20-11-7-6-10-19(20)24(32)29(25)21-12-8-9-16(3)17(21)4/h6-15,18H,1-5H3,(H,28,31). The maximum atomic E-state index is 13.5. The Labute approximate surface area is 196 Å². The number of aromatic nitrogens is 4. The molecule has 7 nitrogen and oxygen atoms in total. The van der Waals surface area contributed by atoms with E-state index in [0.29, 0.717) is 21.9 Å². The molecule has 2 aromatic carbocycles. The second kappa shape index (κ2) is 9.23. The maximum absolute atomic E-state index is 13.5. The molecule has 2 aromatic heterocycles. The Hall–Kier alpha value is -3.39. The quantitative estimate of drug-likeness (QED) is 0.326. The van der Waals surface area contributed by atoms with Crippen LogP contribution >= 0.6 is 11.8 Å². The van der Waals surface area contributed by atoms with Gasteiger partial charge in [0.25, 0.3) is 5.56 Å². The highest BCUT2D eigenvalue weighted by Gasteiger charge is 2.22. The Morgan fingerprint density at radius 1 is 1.03 bits per heavy atom. The Morgan fingerprint density at radius 2 is 1.79 bits per heavy atom. The van der Waals surface area contributed by atoms with Crippen LogP contribution in [0.15, 0.2) is 64.7 Å². The molecule has 0 aliphatic rings. The third kappa shape index (κ3) is 4.43. The number of nitrogens with one attached hydrogen (secondary N) is 1. The van der Waals surface area contributed by atoms with Crippen LogP contribution in [-0.4, -0.2) is 30.5 Å². The summed E-state index contributed by atoms with van der Waals surface area (Å²) in [6.45, 7) is 9.82. The molecule has 0 spiro atoms. The number of benzene rings is 2. The highest BCUT2D eigenvalue weighted by molar-refractivity contribution is 8.00. The average molecular weight is 462 g/mol. The lowest BCUT2D eigenvalue weighted by Crippen LogP contribution is -2.27. The molecule has 0 fully saturated rings. The van der Waals surface area contributed by atoms with Gasteiger partial charge in [0.15, 0.2) is 5.16 Å². The zero-order valence-electron chi connectivity index (χ0n) is 19.4. The van der Waals surface area contributed by atoms with E-state index in [4.69, 9.17) is 4.98 Å². The summed E-state index contributed by atoms with van der Waals surface area (Å²) in [7, 11) is 0. The van der Waals surface area contributed by atoms with Crippen LogP contribution in [0.4, 0.5) is 5.82 Å². The van der Waals surface area contributed by atoms with Crippen molar-refractivity contribution in [2.45, 2.75) is 51.1 Å². The van der Waals surface area contributed by atoms with Crippen molar-refractivity contribution in [3.63, 3.8) is 0 Å². The third-order valence-corrected chi connectivity index (χ3v) is 6.68. The Balaban J connectivity index is 1.75. The predicted molar refractivity (Wildman–Crippen MR) is 133 cm³/mol. The first kappa shape index (κ1) is 22.8. The largest absolute Gasteiger partial charge is 0.310 e. The highest BCUT2D eigenvalue weighted by atomic mass is 32.2. The molecule has 33 heavy (non-hydrogen) atoms. The van der Waals surface area contributed by atoms with Crippen LogP contribution in [-0.2, 0) is 4.79 Å². The van der Waals surface area contributed by atoms with Gasteiger partial charge in [-0.2, -0.15) is 5.10 Å². The first-order valence-corrected chi connectivity index (χ1v) is 11.7. The average Bonchev–Trinajstić information content (AvgIpc) is 3.25. The molecule has 0 bridgehead atoms. The molecule has 0 saturated heterocycles. The summed E-state index contributed by atoms with van der Waals surface area (Å²) >= 11 is 1.26. The van der Waals surface area contributed by atoms with E-state index >= 15 is 0 Å². The van der Waals surface area contributed by atoms with Crippen molar-refractivity contribution in [2.75, 3.05) is 5.32 Å². The van der Waals surface area contributed by atoms with Crippen LogP contribution < -0.4 is 10.9 Å². The van der Waals surface area contributed by atoms with Crippen molar-refractivity contribution in [2.24, 2.45) is 0 Å². The summed E-state index contributed by atoms with van der Waals surface area (Å²) in [4.78, 5) is 31.3. The Morgan fingerprint density at radius 3 is 2.55 bits per heavy atom. The smallest absolute Gasteiger partial charge is 0.266 e. The number of hydrogen-bond acceptors (Lipinski definition) is 5. The van der Waals surface area contributed by atoms with E-state index in [1.165, 1.54) is 11.8 Å². The van der Waals surface area contributed by atoms with Crippen molar-refractivity contribution >= 4 is 34.4 Å². The SMILES string of the molecule is Cc1cccc(-n2c(SC(C)C(=O)Nc3ccnn3C(C)C)nc3ccccc3c2=O)c1C. The minimum absolute atomic E-state index is 0.120. The summed E-state index contributed by atoms with van der Waals surface area (Å²) in [5.41, 5.74) is 3.30. The fourth-order valence-electron chi connectivity index (χ4n) is 3.65. The summed E-state index contributed by atoms with van der Waals surface area (Å²) in [6, 6.07) is 15.0. The lowest BCUT2D eigenvalue weighted by Gasteiger charge is -2.19. The van der Waals surface area contributed by atoms with E-state index < -0.39 is 5.25 Å². The van der Waals surface area contributed by atoms with Gasteiger partial charge >= 0.3 is 0 Å². The number of hydrogen-bond donors (Lipinski definition) is 1. The highest BCUT2D eigenvalue weighted by Crippen LogP contribution is 2.28. The van der Waals surface area contributed by atoms with Crippen molar-refractivity contribution < 1.29 is 4.79 Å². The van der Waals surface area contributed by atoms with Gasteiger partial charge in [0.1, 0.15) is 5.82 Å². The number of rotatable bonds is 6. The molecule has 0 aliphatic carbocycles. The van der Waals surface area contributed by atoms with E-state index in [1.54, 1.807) is 27.6 Å². The van der Waals surface area contributed by atoms with Crippen LogP contribution in [0.3, 0.4) is 0 Å². The van der Waals surface area contributed by atoms with E-state index in [0.717, 1.165) is 16.8 Å². The molecule has 0 aliphatic heterocycles. The minimum Gasteiger partial charge on any atom is -0.310 e. The number of nitrogens with zero attached hydrogens (tertiary/aromatic N) is 4. The summed E-state index contributed by atoms with van der Waals surface area (Å²) in [6.07, 6.45) is 1.66. The molecule has 0 saturated carbocycles. The molecular formula is C25H27N5O2S. The van der Waals surface area contributed by atoms with Gasteiger partial charge in [-0.25, -0.2) is 9.67 Å². The lowest BCUT2D eigenvalue weighted by atomic mass is 10.1. The monoisotopic (exact) mass is 461 g/mol. The predicted octanol–water partition coefficient (Wildman–Crippen LogP) is 4.90. The molecule has 2 heterocycles. The number of thioether (sulfide) groups is 1. The molecule has 1 unspecified atom stereocenters. The molecule has 1 amide bonds. The lowest BCUT2D eigenvalue weighted by molar-refractivity contribution is -0.115. The van der Waals surface area contributed by atoms with E-state index in [2.05, 4.69) is 10.4 Å². The Kier molecular flexibility index (Phi) is 6.37. The maximum Gasteiger partial charge on any atom is 0.266 e. The second-order valence-corrected chi connectivity index (χ2v) is 9.58. The summed E-state index contributed by atoms with van der Waals surface area (Å²) in [5.74, 6) is 0.457. The van der Waals surface area contributed by atoms with E-state index in [-0.39, 0.29) is 17.5 Å². The van der Waals surface area contributed by atoms with Gasteiger partial charge in [0, 0.05) is 12.1 Å². The first-order valence-electron chi connectivity index (χ1n) is 10.9.